The summed E-state index contributed by atoms with van der Waals surface area (Å²) in [6.45, 7) is 1.20. The quantitative estimate of drug-likeness (QED) is 0.892. The summed E-state index contributed by atoms with van der Waals surface area (Å²) in [5.41, 5.74) is 0.184. The minimum atomic E-state index is -1.24. The van der Waals surface area contributed by atoms with Crippen LogP contribution in [0.2, 0.25) is 0 Å². The van der Waals surface area contributed by atoms with Gasteiger partial charge in [0.25, 0.3) is 0 Å². The van der Waals surface area contributed by atoms with Crippen molar-refractivity contribution in [2.75, 3.05) is 0 Å². The first kappa shape index (κ1) is 12.6. The fourth-order valence-electron chi connectivity index (χ4n) is 1.18. The lowest BCUT2D eigenvalue weighted by Crippen LogP contribution is -2.32. The van der Waals surface area contributed by atoms with Crippen LogP contribution in [0.15, 0.2) is 22.7 Å². The summed E-state index contributed by atoms with van der Waals surface area (Å²) in [5.74, 6) is -2.30. The van der Waals surface area contributed by atoms with Crippen LogP contribution in [0.1, 0.15) is 18.5 Å². The number of nitrogens with one attached hydrogen (secondary N) is 1. The number of carboxylic acids is 1. The monoisotopic (exact) mass is 289 g/mol. The van der Waals surface area contributed by atoms with Gasteiger partial charge in [0.1, 0.15) is 5.82 Å². The van der Waals surface area contributed by atoms with Gasteiger partial charge in [0.2, 0.25) is 5.91 Å². The van der Waals surface area contributed by atoms with Crippen LogP contribution in [0.4, 0.5) is 4.39 Å². The van der Waals surface area contributed by atoms with E-state index in [2.05, 4.69) is 21.2 Å². The van der Waals surface area contributed by atoms with Gasteiger partial charge in [0, 0.05) is 6.92 Å². The molecule has 1 rings (SSSR count). The molecule has 0 aliphatic heterocycles. The molecule has 1 amide bonds. The Balaban J connectivity index is 3.06. The summed E-state index contributed by atoms with van der Waals surface area (Å²) >= 11 is 2.96. The molecule has 6 heteroatoms. The first-order valence-corrected chi connectivity index (χ1v) is 5.16. The van der Waals surface area contributed by atoms with Crippen molar-refractivity contribution in [2.24, 2.45) is 0 Å². The van der Waals surface area contributed by atoms with E-state index in [1.54, 1.807) is 0 Å². The maximum absolute atomic E-state index is 13.2. The molecule has 0 aromatic heterocycles. The van der Waals surface area contributed by atoms with Gasteiger partial charge < -0.3 is 10.4 Å². The highest BCUT2D eigenvalue weighted by Gasteiger charge is 2.21. The van der Waals surface area contributed by atoms with E-state index in [-0.39, 0.29) is 10.0 Å². The molecule has 86 valence electrons. The van der Waals surface area contributed by atoms with Gasteiger partial charge in [-0.05, 0) is 33.6 Å². The molecule has 16 heavy (non-hydrogen) atoms. The van der Waals surface area contributed by atoms with Crippen molar-refractivity contribution < 1.29 is 19.1 Å². The Morgan fingerprint density at radius 3 is 2.56 bits per heavy atom. The van der Waals surface area contributed by atoms with Crippen molar-refractivity contribution in [2.45, 2.75) is 13.0 Å². The molecule has 0 spiro atoms. The van der Waals surface area contributed by atoms with Crippen LogP contribution >= 0.6 is 15.9 Å². The number of rotatable bonds is 3. The van der Waals surface area contributed by atoms with Gasteiger partial charge in [-0.25, -0.2) is 9.18 Å². The maximum atomic E-state index is 13.2. The zero-order valence-corrected chi connectivity index (χ0v) is 9.92. The van der Waals surface area contributed by atoms with E-state index in [1.807, 2.05) is 0 Å². The summed E-state index contributed by atoms with van der Waals surface area (Å²) in [7, 11) is 0. The van der Waals surface area contributed by atoms with Crippen molar-refractivity contribution in [1.82, 2.24) is 5.32 Å². The Hall–Kier alpha value is -1.43. The average Bonchev–Trinajstić information content (AvgIpc) is 2.18. The number of carbonyl (C=O) groups excluding carboxylic acids is 1. The molecule has 0 saturated heterocycles. The van der Waals surface area contributed by atoms with Gasteiger partial charge in [-0.3, -0.25) is 4.79 Å². The summed E-state index contributed by atoms with van der Waals surface area (Å²) in [6.07, 6.45) is 0. The molecule has 0 radical (unpaired) electrons. The van der Waals surface area contributed by atoms with Crippen molar-refractivity contribution in [1.29, 1.82) is 0 Å². The second-order valence-corrected chi connectivity index (χ2v) is 4.00. The summed E-state index contributed by atoms with van der Waals surface area (Å²) in [4.78, 5) is 21.7. The van der Waals surface area contributed by atoms with Crippen LogP contribution in [0.3, 0.4) is 0 Å². The summed E-state index contributed by atoms with van der Waals surface area (Å²) < 4.78 is 13.4. The van der Waals surface area contributed by atoms with E-state index in [0.29, 0.717) is 0 Å². The number of aliphatic carboxylic acids is 1. The highest BCUT2D eigenvalue weighted by Crippen LogP contribution is 2.21. The summed E-state index contributed by atoms with van der Waals surface area (Å²) in [5, 5.41) is 11.1. The topological polar surface area (TPSA) is 66.4 Å². The van der Waals surface area contributed by atoms with E-state index >= 15 is 0 Å². The van der Waals surface area contributed by atoms with Crippen LogP contribution in [0.5, 0.6) is 0 Å². The van der Waals surface area contributed by atoms with Gasteiger partial charge in [-0.2, -0.15) is 0 Å². The van der Waals surface area contributed by atoms with E-state index < -0.39 is 23.7 Å². The summed E-state index contributed by atoms with van der Waals surface area (Å²) in [6, 6.07) is 2.66. The van der Waals surface area contributed by atoms with Crippen LogP contribution in [0.25, 0.3) is 0 Å². The fraction of sp³-hybridized carbons (Fsp3) is 0.200. The second kappa shape index (κ2) is 5.07. The van der Waals surface area contributed by atoms with Crippen molar-refractivity contribution in [3.8, 4) is 0 Å². The fourth-order valence-corrected chi connectivity index (χ4v) is 1.43. The third-order valence-corrected chi connectivity index (χ3v) is 2.51. The lowest BCUT2D eigenvalue weighted by atomic mass is 10.1. The van der Waals surface area contributed by atoms with E-state index in [1.165, 1.54) is 19.1 Å². The molecular formula is C10H9BrFNO3. The number of carboxylic acid groups (broad SMARTS) is 1. The highest BCUT2D eigenvalue weighted by molar-refractivity contribution is 9.10. The number of benzene rings is 1. The largest absolute Gasteiger partial charge is 0.479 e. The third kappa shape index (κ3) is 3.03. The Kier molecular flexibility index (Phi) is 4.00. The van der Waals surface area contributed by atoms with E-state index in [9.17, 15) is 14.0 Å². The standard InChI is InChI=1S/C10H9BrFNO3/c1-5(14)13-9(10(15)16)6-2-3-7(11)8(12)4-6/h2-4,9H,1H3,(H,13,14)(H,15,16). The molecule has 0 aliphatic carbocycles. The minimum Gasteiger partial charge on any atom is -0.479 e. The SMILES string of the molecule is CC(=O)NC(C(=O)O)c1ccc(Br)c(F)c1. The smallest absolute Gasteiger partial charge is 0.330 e. The first-order chi connectivity index (χ1) is 7.41. The number of hydrogen-bond donors (Lipinski definition) is 2. The average molecular weight is 290 g/mol. The van der Waals surface area contributed by atoms with Gasteiger partial charge in [0.05, 0.1) is 4.47 Å². The predicted molar refractivity (Wildman–Crippen MR) is 58.3 cm³/mol. The minimum absolute atomic E-state index is 0.184. The molecule has 0 heterocycles. The van der Waals surface area contributed by atoms with Gasteiger partial charge in [-0.1, -0.05) is 6.07 Å². The van der Waals surface area contributed by atoms with Crippen LogP contribution < -0.4 is 5.32 Å². The Bertz CT molecular complexity index is 436. The number of halogens is 2. The van der Waals surface area contributed by atoms with Crippen molar-refractivity contribution in [3.05, 3.63) is 34.1 Å². The van der Waals surface area contributed by atoms with Crippen LogP contribution in [-0.2, 0) is 9.59 Å². The molecule has 1 unspecified atom stereocenters. The molecular weight excluding hydrogens is 281 g/mol. The van der Waals surface area contributed by atoms with Crippen LogP contribution in [-0.4, -0.2) is 17.0 Å². The molecule has 1 aromatic carbocycles. The first-order valence-electron chi connectivity index (χ1n) is 4.36. The zero-order chi connectivity index (χ0) is 12.3. The lowest BCUT2D eigenvalue weighted by molar-refractivity contribution is -0.141. The lowest BCUT2D eigenvalue weighted by Gasteiger charge is -2.13. The normalized spacial score (nSPS) is 11.9. The molecule has 2 N–H and O–H groups in total. The highest BCUT2D eigenvalue weighted by atomic mass is 79.9. The van der Waals surface area contributed by atoms with E-state index in [4.69, 9.17) is 5.11 Å². The molecule has 0 aliphatic rings. The van der Waals surface area contributed by atoms with Gasteiger partial charge in [0.15, 0.2) is 6.04 Å². The second-order valence-electron chi connectivity index (χ2n) is 3.15. The number of carbonyl (C=O) groups is 2. The molecule has 0 bridgehead atoms. The van der Waals surface area contributed by atoms with Gasteiger partial charge >= 0.3 is 5.97 Å². The molecule has 0 saturated carbocycles. The number of hydrogen-bond acceptors (Lipinski definition) is 2. The molecule has 4 nitrogen and oxygen atoms in total. The Morgan fingerprint density at radius 2 is 2.12 bits per heavy atom. The molecule has 0 fully saturated rings. The number of amides is 1. The predicted octanol–water partition coefficient (Wildman–Crippen LogP) is 1.85. The van der Waals surface area contributed by atoms with E-state index in [0.717, 1.165) is 6.07 Å². The third-order valence-electron chi connectivity index (χ3n) is 1.87. The zero-order valence-electron chi connectivity index (χ0n) is 8.33. The molecule has 1 atom stereocenters. The Labute approximate surface area is 99.6 Å². The van der Waals surface area contributed by atoms with Crippen LogP contribution in [0, 0.1) is 5.82 Å². The van der Waals surface area contributed by atoms with Gasteiger partial charge in [-0.15, -0.1) is 0 Å². The van der Waals surface area contributed by atoms with Crippen molar-refractivity contribution >= 4 is 27.8 Å². The van der Waals surface area contributed by atoms with Crippen molar-refractivity contribution in [3.63, 3.8) is 0 Å². The maximum Gasteiger partial charge on any atom is 0.330 e. The molecule has 1 aromatic rings. The Morgan fingerprint density at radius 1 is 1.50 bits per heavy atom.